The van der Waals surface area contributed by atoms with Gasteiger partial charge in [0.25, 0.3) is 5.91 Å². The summed E-state index contributed by atoms with van der Waals surface area (Å²) in [5.41, 5.74) is 3.25. The van der Waals surface area contributed by atoms with Crippen molar-refractivity contribution in [3.8, 4) is 11.5 Å². The Labute approximate surface area is 220 Å². The van der Waals surface area contributed by atoms with Crippen LogP contribution in [0.4, 0.5) is 0 Å². The van der Waals surface area contributed by atoms with Crippen LogP contribution in [0.25, 0.3) is 0 Å². The summed E-state index contributed by atoms with van der Waals surface area (Å²) in [4.78, 5) is 24.3. The van der Waals surface area contributed by atoms with Gasteiger partial charge in [-0.05, 0) is 84.8 Å². The number of carbonyl (C=O) groups excluding carboxylic acids is 2. The standard InChI is InChI=1S/C26H26ClN3O6S/c1-2-3-16-35-22-12-6-20(7-13-22)26(32)36-23-10-4-19(5-11-23)17-28-30-25(31)18-29-37(33,34)24-14-8-21(27)9-15-24/h4-15,17,29H,2-3,16,18H2,1H3,(H,30,31)/b28-17+. The maximum absolute atomic E-state index is 12.4. The topological polar surface area (TPSA) is 123 Å². The monoisotopic (exact) mass is 543 g/mol. The quantitative estimate of drug-likeness (QED) is 0.116. The van der Waals surface area contributed by atoms with Gasteiger partial charge in [-0.1, -0.05) is 24.9 Å². The Kier molecular flexibility index (Phi) is 10.2. The molecule has 0 saturated carbocycles. The van der Waals surface area contributed by atoms with E-state index < -0.39 is 28.4 Å². The van der Waals surface area contributed by atoms with Crippen molar-refractivity contribution in [3.63, 3.8) is 0 Å². The smallest absolute Gasteiger partial charge is 0.343 e. The Morgan fingerprint density at radius 3 is 2.24 bits per heavy atom. The van der Waals surface area contributed by atoms with Gasteiger partial charge in [0.05, 0.1) is 29.8 Å². The van der Waals surface area contributed by atoms with Crippen LogP contribution >= 0.6 is 11.6 Å². The molecule has 1 amide bonds. The Bertz CT molecular complexity index is 1330. The number of benzene rings is 3. The van der Waals surface area contributed by atoms with Gasteiger partial charge in [-0.15, -0.1) is 0 Å². The number of hydrazone groups is 1. The molecular weight excluding hydrogens is 518 g/mol. The highest BCUT2D eigenvalue weighted by molar-refractivity contribution is 7.89. The highest BCUT2D eigenvalue weighted by atomic mass is 35.5. The van der Waals surface area contributed by atoms with E-state index >= 15 is 0 Å². The molecule has 0 radical (unpaired) electrons. The second kappa shape index (κ2) is 13.5. The Morgan fingerprint density at radius 1 is 0.946 bits per heavy atom. The molecule has 0 heterocycles. The lowest BCUT2D eigenvalue weighted by atomic mass is 10.2. The number of unbranched alkanes of at least 4 members (excludes halogenated alkanes) is 1. The molecule has 3 aromatic carbocycles. The minimum atomic E-state index is -3.86. The molecule has 11 heteroatoms. The van der Waals surface area contributed by atoms with Gasteiger partial charge in [0.2, 0.25) is 10.0 Å². The van der Waals surface area contributed by atoms with Crippen LogP contribution in [-0.4, -0.2) is 39.7 Å². The number of nitrogens with one attached hydrogen (secondary N) is 2. The lowest BCUT2D eigenvalue weighted by molar-refractivity contribution is -0.119. The van der Waals surface area contributed by atoms with Crippen molar-refractivity contribution < 1.29 is 27.5 Å². The van der Waals surface area contributed by atoms with E-state index in [1.807, 2.05) is 0 Å². The van der Waals surface area contributed by atoms with Crippen LogP contribution in [0.3, 0.4) is 0 Å². The fraction of sp³-hybridized carbons (Fsp3) is 0.192. The van der Waals surface area contributed by atoms with E-state index in [1.165, 1.54) is 30.5 Å². The summed E-state index contributed by atoms with van der Waals surface area (Å²) in [6.45, 7) is 2.21. The van der Waals surface area contributed by atoms with Crippen LogP contribution in [0.5, 0.6) is 11.5 Å². The third kappa shape index (κ3) is 9.02. The number of sulfonamides is 1. The van der Waals surface area contributed by atoms with Gasteiger partial charge >= 0.3 is 5.97 Å². The molecule has 0 saturated heterocycles. The first-order valence-corrected chi connectivity index (χ1v) is 13.2. The SMILES string of the molecule is CCCCOc1ccc(C(=O)Oc2ccc(/C=N/NC(=O)CNS(=O)(=O)c3ccc(Cl)cc3)cc2)cc1. The number of nitrogens with zero attached hydrogens (tertiary/aromatic N) is 1. The molecule has 0 unspecified atom stereocenters. The molecule has 0 aliphatic heterocycles. The van der Waals surface area contributed by atoms with Crippen molar-refractivity contribution >= 4 is 39.7 Å². The molecule has 0 aliphatic carbocycles. The molecular formula is C26H26ClN3O6S. The van der Waals surface area contributed by atoms with E-state index in [9.17, 15) is 18.0 Å². The first kappa shape index (κ1) is 27.9. The van der Waals surface area contributed by atoms with Gasteiger partial charge in [-0.3, -0.25) is 4.79 Å². The predicted octanol–water partition coefficient (Wildman–Crippen LogP) is 4.17. The van der Waals surface area contributed by atoms with E-state index in [4.69, 9.17) is 21.1 Å². The van der Waals surface area contributed by atoms with Gasteiger partial charge in [0.15, 0.2) is 0 Å². The fourth-order valence-electron chi connectivity index (χ4n) is 2.89. The van der Waals surface area contributed by atoms with E-state index in [0.29, 0.717) is 34.3 Å². The third-order valence-electron chi connectivity index (χ3n) is 4.90. The highest BCUT2D eigenvalue weighted by Crippen LogP contribution is 2.17. The van der Waals surface area contributed by atoms with Crippen molar-refractivity contribution in [2.45, 2.75) is 24.7 Å². The first-order valence-electron chi connectivity index (χ1n) is 11.4. The number of carbonyl (C=O) groups is 2. The largest absolute Gasteiger partial charge is 0.494 e. The molecule has 3 rings (SSSR count). The number of esters is 1. The van der Waals surface area contributed by atoms with Crippen molar-refractivity contribution in [2.24, 2.45) is 5.10 Å². The summed E-state index contributed by atoms with van der Waals surface area (Å²) in [7, 11) is -3.86. The van der Waals surface area contributed by atoms with Crippen molar-refractivity contribution in [3.05, 3.63) is 88.9 Å². The number of ether oxygens (including phenoxy) is 2. The van der Waals surface area contributed by atoms with Crippen LogP contribution in [0.1, 0.15) is 35.7 Å². The number of rotatable bonds is 12. The van der Waals surface area contributed by atoms with Crippen LogP contribution in [0.15, 0.2) is 82.8 Å². The normalized spacial score (nSPS) is 11.3. The maximum atomic E-state index is 12.4. The zero-order valence-electron chi connectivity index (χ0n) is 20.0. The molecule has 0 fully saturated rings. The average Bonchev–Trinajstić information content (AvgIpc) is 2.89. The second-order valence-corrected chi connectivity index (χ2v) is 9.96. The zero-order valence-corrected chi connectivity index (χ0v) is 21.6. The van der Waals surface area contributed by atoms with Gasteiger partial charge in [0, 0.05) is 5.02 Å². The van der Waals surface area contributed by atoms with Crippen LogP contribution in [-0.2, 0) is 14.8 Å². The number of hydrogen-bond acceptors (Lipinski definition) is 7. The van der Waals surface area contributed by atoms with E-state index in [1.54, 1.807) is 48.5 Å². The summed E-state index contributed by atoms with van der Waals surface area (Å²) in [6.07, 6.45) is 3.37. The van der Waals surface area contributed by atoms with Crippen LogP contribution < -0.4 is 19.6 Å². The highest BCUT2D eigenvalue weighted by Gasteiger charge is 2.15. The van der Waals surface area contributed by atoms with Crippen molar-refractivity contribution in [1.82, 2.24) is 10.1 Å². The lowest BCUT2D eigenvalue weighted by Crippen LogP contribution is -2.34. The maximum Gasteiger partial charge on any atom is 0.343 e. The van der Waals surface area contributed by atoms with E-state index in [2.05, 4.69) is 22.2 Å². The number of halogens is 1. The summed E-state index contributed by atoms with van der Waals surface area (Å²) in [6, 6.07) is 18.7. The third-order valence-corrected chi connectivity index (χ3v) is 6.57. The van der Waals surface area contributed by atoms with Gasteiger partial charge < -0.3 is 9.47 Å². The van der Waals surface area contributed by atoms with E-state index in [-0.39, 0.29) is 4.90 Å². The second-order valence-electron chi connectivity index (χ2n) is 7.76. The van der Waals surface area contributed by atoms with Gasteiger partial charge in [-0.25, -0.2) is 23.4 Å². The molecule has 9 nitrogen and oxygen atoms in total. The minimum absolute atomic E-state index is 0.0116. The Morgan fingerprint density at radius 2 is 1.59 bits per heavy atom. The van der Waals surface area contributed by atoms with Crippen LogP contribution in [0.2, 0.25) is 5.02 Å². The molecule has 0 aliphatic rings. The van der Waals surface area contributed by atoms with Crippen molar-refractivity contribution in [2.75, 3.05) is 13.2 Å². The number of hydrogen-bond donors (Lipinski definition) is 2. The molecule has 2 N–H and O–H groups in total. The number of amides is 1. The average molecular weight is 544 g/mol. The van der Waals surface area contributed by atoms with Crippen molar-refractivity contribution in [1.29, 1.82) is 0 Å². The first-order chi connectivity index (χ1) is 17.8. The summed E-state index contributed by atoms with van der Waals surface area (Å²) in [5.74, 6) is -0.123. The molecule has 0 spiro atoms. The molecule has 0 atom stereocenters. The molecule has 37 heavy (non-hydrogen) atoms. The van der Waals surface area contributed by atoms with Gasteiger partial charge in [0.1, 0.15) is 11.5 Å². The molecule has 3 aromatic rings. The zero-order chi connectivity index (χ0) is 26.7. The molecule has 0 aromatic heterocycles. The fourth-order valence-corrected chi connectivity index (χ4v) is 3.99. The molecule has 0 bridgehead atoms. The lowest BCUT2D eigenvalue weighted by Gasteiger charge is -2.07. The van der Waals surface area contributed by atoms with E-state index in [0.717, 1.165) is 12.8 Å². The van der Waals surface area contributed by atoms with Gasteiger partial charge in [-0.2, -0.15) is 5.10 Å². The predicted molar refractivity (Wildman–Crippen MR) is 141 cm³/mol. The van der Waals surface area contributed by atoms with Crippen LogP contribution in [0, 0.1) is 0 Å². The summed E-state index contributed by atoms with van der Waals surface area (Å²) in [5, 5.41) is 4.20. The molecule has 194 valence electrons. The Hall–Kier alpha value is -3.73. The summed E-state index contributed by atoms with van der Waals surface area (Å²) < 4.78 is 37.5. The Balaban J connectivity index is 1.45. The summed E-state index contributed by atoms with van der Waals surface area (Å²) >= 11 is 5.75. The minimum Gasteiger partial charge on any atom is -0.494 e.